The molecule has 3 N–H and O–H groups in total. The fourth-order valence-electron chi connectivity index (χ4n) is 2.74. The number of hydrogen-bond donors (Lipinski definition) is 2. The van der Waals surface area contributed by atoms with Crippen LogP contribution in [0.5, 0.6) is 0 Å². The number of rotatable bonds is 4. The second-order valence-electron chi connectivity index (χ2n) is 5.57. The van der Waals surface area contributed by atoms with Gasteiger partial charge < -0.3 is 10.8 Å². The first-order chi connectivity index (χ1) is 11.9. The summed E-state index contributed by atoms with van der Waals surface area (Å²) in [6.45, 7) is 0. The summed E-state index contributed by atoms with van der Waals surface area (Å²) in [7, 11) is 0. The maximum Gasteiger partial charge on any atom is 0.320 e. The Bertz CT molecular complexity index is 955. The highest BCUT2D eigenvalue weighted by Crippen LogP contribution is 2.39. The Morgan fingerprint density at radius 2 is 1.92 bits per heavy atom. The van der Waals surface area contributed by atoms with Crippen LogP contribution in [0, 0.1) is 5.82 Å². The van der Waals surface area contributed by atoms with Crippen LogP contribution >= 0.6 is 23.2 Å². The average molecular weight is 379 g/mol. The summed E-state index contributed by atoms with van der Waals surface area (Å²) in [6, 6.07) is 8.43. The highest BCUT2D eigenvalue weighted by molar-refractivity contribution is 6.39. The molecule has 1 aromatic heterocycles. The third kappa shape index (κ3) is 3.44. The number of hydrogen-bond acceptors (Lipinski definition) is 3. The fraction of sp³-hybridized carbons (Fsp3) is 0.111. The Hall–Kier alpha value is -2.21. The molecule has 128 valence electrons. The highest BCUT2D eigenvalue weighted by Gasteiger charge is 2.18. The van der Waals surface area contributed by atoms with E-state index in [-0.39, 0.29) is 16.5 Å². The Morgan fingerprint density at radius 3 is 2.56 bits per heavy atom. The van der Waals surface area contributed by atoms with Crippen molar-refractivity contribution in [2.45, 2.75) is 12.5 Å². The minimum absolute atomic E-state index is 0.133. The van der Waals surface area contributed by atoms with E-state index in [0.717, 1.165) is 5.39 Å². The molecular weight excluding hydrogens is 366 g/mol. The molecule has 0 aliphatic rings. The fourth-order valence-corrected chi connectivity index (χ4v) is 3.40. The van der Waals surface area contributed by atoms with E-state index in [1.165, 1.54) is 12.1 Å². The number of aromatic nitrogens is 1. The van der Waals surface area contributed by atoms with Crippen molar-refractivity contribution in [3.05, 3.63) is 64.0 Å². The summed E-state index contributed by atoms with van der Waals surface area (Å²) in [4.78, 5) is 15.4. The lowest BCUT2D eigenvalue weighted by molar-refractivity contribution is -0.138. The monoisotopic (exact) mass is 378 g/mol. The van der Waals surface area contributed by atoms with E-state index in [9.17, 15) is 9.18 Å². The summed E-state index contributed by atoms with van der Waals surface area (Å²) in [5.41, 5.74) is 8.13. The van der Waals surface area contributed by atoms with Gasteiger partial charge in [-0.15, -0.1) is 0 Å². The van der Waals surface area contributed by atoms with Gasteiger partial charge in [0.25, 0.3) is 0 Å². The van der Waals surface area contributed by atoms with E-state index < -0.39 is 17.8 Å². The summed E-state index contributed by atoms with van der Waals surface area (Å²) in [6.07, 6.45) is 1.74. The molecule has 4 nitrogen and oxygen atoms in total. The number of pyridine rings is 1. The van der Waals surface area contributed by atoms with Crippen LogP contribution in [0.15, 0.2) is 42.6 Å². The first-order valence-corrected chi connectivity index (χ1v) is 8.14. The molecule has 3 aromatic rings. The molecule has 0 amide bonds. The van der Waals surface area contributed by atoms with Crippen LogP contribution in [0.3, 0.4) is 0 Å². The van der Waals surface area contributed by atoms with Gasteiger partial charge in [0.1, 0.15) is 11.9 Å². The van der Waals surface area contributed by atoms with E-state index in [4.69, 9.17) is 34.0 Å². The summed E-state index contributed by atoms with van der Waals surface area (Å²) in [5, 5.41) is 10.1. The molecule has 0 aliphatic heterocycles. The lowest BCUT2D eigenvalue weighted by atomic mass is 9.95. The van der Waals surface area contributed by atoms with Gasteiger partial charge in [-0.25, -0.2) is 4.39 Å². The van der Waals surface area contributed by atoms with Crippen molar-refractivity contribution in [3.8, 4) is 11.1 Å². The SMILES string of the molecule is NC(Cc1ccc(-c2c(Cl)cc(F)cc2Cl)c2cccnc12)C(=O)O. The van der Waals surface area contributed by atoms with Crippen molar-refractivity contribution >= 4 is 40.1 Å². The maximum absolute atomic E-state index is 13.5. The van der Waals surface area contributed by atoms with Crippen molar-refractivity contribution in [1.29, 1.82) is 0 Å². The molecule has 0 radical (unpaired) electrons. The van der Waals surface area contributed by atoms with Crippen LogP contribution in [-0.2, 0) is 11.2 Å². The number of fused-ring (bicyclic) bond motifs is 1. The standard InChI is InChI=1S/C18H13Cl2FN2O2/c19-13-7-10(21)8-14(20)16(13)11-4-3-9(6-15(22)18(24)25)17-12(11)2-1-5-23-17/h1-5,7-8,15H,6,22H2,(H,24,25). The molecule has 2 aromatic carbocycles. The predicted molar refractivity (Wildman–Crippen MR) is 96.5 cm³/mol. The molecule has 0 saturated carbocycles. The van der Waals surface area contributed by atoms with Crippen LogP contribution in [0.1, 0.15) is 5.56 Å². The van der Waals surface area contributed by atoms with Gasteiger partial charge in [0.15, 0.2) is 0 Å². The lowest BCUT2D eigenvalue weighted by Gasteiger charge is -2.14. The topological polar surface area (TPSA) is 76.2 Å². The number of carboxylic acids is 1. The normalized spacial score (nSPS) is 12.3. The van der Waals surface area contributed by atoms with E-state index in [1.807, 2.05) is 6.07 Å². The predicted octanol–water partition coefficient (Wildman–Crippen LogP) is 4.30. The van der Waals surface area contributed by atoms with Crippen molar-refractivity contribution in [2.75, 3.05) is 0 Å². The molecule has 0 spiro atoms. The first kappa shape index (κ1) is 17.6. The quantitative estimate of drug-likeness (QED) is 0.709. The molecule has 7 heteroatoms. The van der Waals surface area contributed by atoms with Crippen molar-refractivity contribution in [3.63, 3.8) is 0 Å². The molecule has 1 heterocycles. The van der Waals surface area contributed by atoms with Gasteiger partial charge in [-0.05, 0) is 29.3 Å². The minimum atomic E-state index is -1.09. The van der Waals surface area contributed by atoms with Crippen LogP contribution in [0.4, 0.5) is 4.39 Å². The van der Waals surface area contributed by atoms with Crippen LogP contribution in [-0.4, -0.2) is 22.1 Å². The Kier molecular flexibility index (Phi) is 4.90. The average Bonchev–Trinajstić information content (AvgIpc) is 2.55. The molecule has 0 bridgehead atoms. The van der Waals surface area contributed by atoms with Gasteiger partial charge in [-0.3, -0.25) is 9.78 Å². The molecule has 0 fully saturated rings. The summed E-state index contributed by atoms with van der Waals surface area (Å²) >= 11 is 12.4. The molecular formula is C18H13Cl2FN2O2. The number of aliphatic carboxylic acids is 1. The van der Waals surface area contributed by atoms with Crippen LogP contribution in [0.2, 0.25) is 10.0 Å². The zero-order valence-electron chi connectivity index (χ0n) is 12.8. The van der Waals surface area contributed by atoms with E-state index >= 15 is 0 Å². The maximum atomic E-state index is 13.5. The smallest absolute Gasteiger partial charge is 0.320 e. The largest absolute Gasteiger partial charge is 0.480 e. The number of benzene rings is 2. The molecule has 1 unspecified atom stereocenters. The van der Waals surface area contributed by atoms with Crippen molar-refractivity contribution in [1.82, 2.24) is 4.98 Å². The van der Waals surface area contributed by atoms with Gasteiger partial charge in [0.05, 0.1) is 15.6 Å². The Balaban J connectivity index is 2.22. The van der Waals surface area contributed by atoms with Crippen molar-refractivity contribution in [2.24, 2.45) is 5.73 Å². The highest BCUT2D eigenvalue weighted by atomic mass is 35.5. The molecule has 1 atom stereocenters. The second kappa shape index (κ2) is 6.96. The Labute approximate surface area is 153 Å². The molecule has 0 saturated heterocycles. The van der Waals surface area contributed by atoms with E-state index in [0.29, 0.717) is 22.2 Å². The summed E-state index contributed by atoms with van der Waals surface area (Å²) in [5.74, 6) is -1.61. The van der Waals surface area contributed by atoms with Gasteiger partial charge >= 0.3 is 5.97 Å². The second-order valence-corrected chi connectivity index (χ2v) is 6.38. The zero-order chi connectivity index (χ0) is 18.1. The third-order valence-corrected chi connectivity index (χ3v) is 4.48. The Morgan fingerprint density at radius 1 is 1.24 bits per heavy atom. The number of nitrogens with zero attached hydrogens (tertiary/aromatic N) is 1. The molecule has 3 rings (SSSR count). The minimum Gasteiger partial charge on any atom is -0.480 e. The van der Waals surface area contributed by atoms with Gasteiger partial charge in [-0.1, -0.05) is 41.4 Å². The lowest BCUT2D eigenvalue weighted by Crippen LogP contribution is -2.32. The van der Waals surface area contributed by atoms with Gasteiger partial charge in [0, 0.05) is 23.6 Å². The van der Waals surface area contributed by atoms with E-state index in [2.05, 4.69) is 4.98 Å². The van der Waals surface area contributed by atoms with Crippen LogP contribution in [0.25, 0.3) is 22.0 Å². The summed E-state index contributed by atoms with van der Waals surface area (Å²) < 4.78 is 13.5. The van der Waals surface area contributed by atoms with Crippen molar-refractivity contribution < 1.29 is 14.3 Å². The van der Waals surface area contributed by atoms with Gasteiger partial charge in [0.2, 0.25) is 0 Å². The number of carbonyl (C=O) groups is 1. The molecule has 0 aliphatic carbocycles. The first-order valence-electron chi connectivity index (χ1n) is 7.38. The number of carboxylic acid groups (broad SMARTS) is 1. The third-order valence-electron chi connectivity index (χ3n) is 3.89. The van der Waals surface area contributed by atoms with Crippen LogP contribution < -0.4 is 5.73 Å². The number of halogens is 3. The number of nitrogens with two attached hydrogens (primary N) is 1. The molecule has 25 heavy (non-hydrogen) atoms. The van der Waals surface area contributed by atoms with E-state index in [1.54, 1.807) is 24.4 Å². The zero-order valence-corrected chi connectivity index (χ0v) is 14.4. The van der Waals surface area contributed by atoms with Gasteiger partial charge in [-0.2, -0.15) is 0 Å².